The van der Waals surface area contributed by atoms with Crippen molar-refractivity contribution in [2.45, 2.75) is 13.3 Å². The lowest BCUT2D eigenvalue weighted by molar-refractivity contribution is 0.0697. The fraction of sp³-hybridized carbons (Fsp3) is 0.167. The number of hydrogen-bond acceptors (Lipinski definition) is 2. The second kappa shape index (κ2) is 3.69. The Balaban J connectivity index is 2.62. The van der Waals surface area contributed by atoms with Crippen molar-refractivity contribution in [1.29, 1.82) is 0 Å². The van der Waals surface area contributed by atoms with Crippen molar-refractivity contribution in [1.82, 2.24) is 4.98 Å². The van der Waals surface area contributed by atoms with Gasteiger partial charge in [-0.1, -0.05) is 6.92 Å². The van der Waals surface area contributed by atoms with Gasteiger partial charge in [-0.3, -0.25) is 4.98 Å². The molecule has 1 heterocycles. The first kappa shape index (κ1) is 9.65. The molecular formula is C12H11NO2. The quantitative estimate of drug-likeness (QED) is 0.812. The highest BCUT2D eigenvalue weighted by molar-refractivity contribution is 5.93. The number of rotatable bonds is 2. The molecule has 0 aliphatic rings. The van der Waals surface area contributed by atoms with Crippen LogP contribution < -0.4 is 0 Å². The Morgan fingerprint density at radius 1 is 1.40 bits per heavy atom. The first-order valence-electron chi connectivity index (χ1n) is 4.82. The Morgan fingerprint density at radius 2 is 2.20 bits per heavy atom. The molecule has 0 atom stereocenters. The topological polar surface area (TPSA) is 50.2 Å². The molecule has 76 valence electrons. The number of fused-ring (bicyclic) bond motifs is 1. The summed E-state index contributed by atoms with van der Waals surface area (Å²) >= 11 is 0. The van der Waals surface area contributed by atoms with Crippen LogP contribution in [0.3, 0.4) is 0 Å². The number of hydrogen-bond donors (Lipinski definition) is 1. The molecular weight excluding hydrogens is 190 g/mol. The normalized spacial score (nSPS) is 10.5. The zero-order chi connectivity index (χ0) is 10.8. The van der Waals surface area contributed by atoms with Crippen LogP contribution in [0.15, 0.2) is 30.5 Å². The summed E-state index contributed by atoms with van der Waals surface area (Å²) in [7, 11) is 0. The Kier molecular flexibility index (Phi) is 2.37. The molecule has 0 radical (unpaired) electrons. The molecule has 3 nitrogen and oxygen atoms in total. The molecule has 0 fully saturated rings. The minimum Gasteiger partial charge on any atom is -0.478 e. The SMILES string of the molecule is CCc1cnc2ccc(C(=O)O)cc2c1. The predicted molar refractivity (Wildman–Crippen MR) is 58.1 cm³/mol. The number of carboxylic acids is 1. The van der Waals surface area contributed by atoms with E-state index in [1.807, 2.05) is 19.2 Å². The average Bonchev–Trinajstić information content (AvgIpc) is 2.27. The lowest BCUT2D eigenvalue weighted by Crippen LogP contribution is -1.96. The standard InChI is InChI=1S/C12H11NO2/c1-2-8-5-10-6-9(12(14)15)3-4-11(10)13-7-8/h3-7H,2H2,1H3,(H,14,15). The molecule has 15 heavy (non-hydrogen) atoms. The van der Waals surface area contributed by atoms with E-state index in [1.54, 1.807) is 18.2 Å². The smallest absolute Gasteiger partial charge is 0.335 e. The number of pyridine rings is 1. The van der Waals surface area contributed by atoms with Crippen molar-refractivity contribution >= 4 is 16.9 Å². The van der Waals surface area contributed by atoms with E-state index in [9.17, 15) is 4.79 Å². The van der Waals surface area contributed by atoms with Gasteiger partial charge in [0.2, 0.25) is 0 Å². The number of carboxylic acid groups (broad SMARTS) is 1. The van der Waals surface area contributed by atoms with Gasteiger partial charge in [-0.2, -0.15) is 0 Å². The maximum Gasteiger partial charge on any atom is 0.335 e. The second-order valence-corrected chi connectivity index (χ2v) is 3.41. The molecule has 0 aliphatic carbocycles. The third kappa shape index (κ3) is 1.81. The Morgan fingerprint density at radius 3 is 2.87 bits per heavy atom. The molecule has 0 saturated carbocycles. The largest absolute Gasteiger partial charge is 0.478 e. The number of benzene rings is 1. The molecule has 0 saturated heterocycles. The fourth-order valence-electron chi connectivity index (χ4n) is 1.50. The number of aryl methyl sites for hydroxylation is 1. The number of nitrogens with zero attached hydrogens (tertiary/aromatic N) is 1. The van der Waals surface area contributed by atoms with E-state index in [4.69, 9.17) is 5.11 Å². The first-order valence-corrected chi connectivity index (χ1v) is 4.82. The van der Waals surface area contributed by atoms with E-state index < -0.39 is 5.97 Å². The summed E-state index contributed by atoms with van der Waals surface area (Å²) in [6.07, 6.45) is 2.73. The zero-order valence-electron chi connectivity index (χ0n) is 8.40. The van der Waals surface area contributed by atoms with Gasteiger partial charge in [0.15, 0.2) is 0 Å². The van der Waals surface area contributed by atoms with E-state index in [1.165, 1.54) is 0 Å². The summed E-state index contributed by atoms with van der Waals surface area (Å²) < 4.78 is 0. The summed E-state index contributed by atoms with van der Waals surface area (Å²) in [4.78, 5) is 15.0. The molecule has 2 aromatic rings. The Bertz CT molecular complexity index is 520. The lowest BCUT2D eigenvalue weighted by Gasteiger charge is -2.01. The highest BCUT2D eigenvalue weighted by Crippen LogP contribution is 2.15. The van der Waals surface area contributed by atoms with E-state index in [2.05, 4.69) is 4.98 Å². The molecule has 1 N–H and O–H groups in total. The van der Waals surface area contributed by atoms with Gasteiger partial charge in [0, 0.05) is 11.6 Å². The second-order valence-electron chi connectivity index (χ2n) is 3.41. The minimum absolute atomic E-state index is 0.303. The van der Waals surface area contributed by atoms with Crippen molar-refractivity contribution in [3.05, 3.63) is 41.6 Å². The third-order valence-corrected chi connectivity index (χ3v) is 2.39. The van der Waals surface area contributed by atoms with Gasteiger partial charge in [0.1, 0.15) is 0 Å². The third-order valence-electron chi connectivity index (χ3n) is 2.39. The lowest BCUT2D eigenvalue weighted by atomic mass is 10.1. The van der Waals surface area contributed by atoms with Crippen molar-refractivity contribution < 1.29 is 9.90 Å². The highest BCUT2D eigenvalue weighted by Gasteiger charge is 2.04. The van der Waals surface area contributed by atoms with E-state index >= 15 is 0 Å². The number of carbonyl (C=O) groups is 1. The van der Waals surface area contributed by atoms with Crippen LogP contribution in [0.2, 0.25) is 0 Å². The van der Waals surface area contributed by atoms with Gasteiger partial charge < -0.3 is 5.11 Å². The summed E-state index contributed by atoms with van der Waals surface area (Å²) in [6, 6.07) is 6.94. The molecule has 0 bridgehead atoms. The van der Waals surface area contributed by atoms with Crippen molar-refractivity contribution in [2.75, 3.05) is 0 Å². The molecule has 0 amide bonds. The van der Waals surface area contributed by atoms with Crippen molar-refractivity contribution in [2.24, 2.45) is 0 Å². The molecule has 0 aliphatic heterocycles. The Labute approximate surface area is 87.4 Å². The van der Waals surface area contributed by atoms with Crippen LogP contribution in [0.25, 0.3) is 10.9 Å². The summed E-state index contributed by atoms with van der Waals surface area (Å²) in [5.74, 6) is -0.904. The van der Waals surface area contributed by atoms with Gasteiger partial charge in [-0.15, -0.1) is 0 Å². The van der Waals surface area contributed by atoms with Crippen LogP contribution in [0.4, 0.5) is 0 Å². The fourth-order valence-corrected chi connectivity index (χ4v) is 1.50. The number of aromatic carboxylic acids is 1. The predicted octanol–water partition coefficient (Wildman–Crippen LogP) is 2.50. The van der Waals surface area contributed by atoms with Gasteiger partial charge in [-0.25, -0.2) is 4.79 Å². The van der Waals surface area contributed by atoms with Crippen LogP contribution in [-0.2, 0) is 6.42 Å². The summed E-state index contributed by atoms with van der Waals surface area (Å²) in [5, 5.41) is 9.73. The zero-order valence-corrected chi connectivity index (χ0v) is 8.40. The summed E-state index contributed by atoms with van der Waals surface area (Å²) in [5.41, 5.74) is 2.25. The number of aromatic nitrogens is 1. The van der Waals surface area contributed by atoms with Crippen LogP contribution in [0, 0.1) is 0 Å². The van der Waals surface area contributed by atoms with Crippen LogP contribution in [0.5, 0.6) is 0 Å². The van der Waals surface area contributed by atoms with Gasteiger partial charge >= 0.3 is 5.97 Å². The molecule has 0 unspecified atom stereocenters. The first-order chi connectivity index (χ1) is 7.20. The highest BCUT2D eigenvalue weighted by atomic mass is 16.4. The van der Waals surface area contributed by atoms with Gasteiger partial charge in [0.25, 0.3) is 0 Å². The summed E-state index contributed by atoms with van der Waals surface area (Å²) in [6.45, 7) is 2.05. The van der Waals surface area contributed by atoms with Gasteiger partial charge in [0.05, 0.1) is 11.1 Å². The Hall–Kier alpha value is -1.90. The van der Waals surface area contributed by atoms with Crippen LogP contribution in [0.1, 0.15) is 22.8 Å². The van der Waals surface area contributed by atoms with Gasteiger partial charge in [-0.05, 0) is 36.2 Å². The average molecular weight is 201 g/mol. The monoisotopic (exact) mass is 201 g/mol. The molecule has 2 rings (SSSR count). The molecule has 1 aromatic carbocycles. The van der Waals surface area contributed by atoms with Crippen LogP contribution in [-0.4, -0.2) is 16.1 Å². The van der Waals surface area contributed by atoms with Crippen molar-refractivity contribution in [3.63, 3.8) is 0 Å². The van der Waals surface area contributed by atoms with E-state index in [0.29, 0.717) is 5.56 Å². The molecule has 3 heteroatoms. The van der Waals surface area contributed by atoms with E-state index in [0.717, 1.165) is 22.9 Å². The van der Waals surface area contributed by atoms with Crippen LogP contribution >= 0.6 is 0 Å². The van der Waals surface area contributed by atoms with Crippen molar-refractivity contribution in [3.8, 4) is 0 Å². The molecule has 1 aromatic heterocycles. The maximum absolute atomic E-state index is 10.8. The minimum atomic E-state index is -0.904. The molecule has 0 spiro atoms. The maximum atomic E-state index is 10.8. The van der Waals surface area contributed by atoms with E-state index in [-0.39, 0.29) is 0 Å².